The summed E-state index contributed by atoms with van der Waals surface area (Å²) in [5.74, 6) is -1.22. The number of aliphatic carboxylic acids is 1. The lowest BCUT2D eigenvalue weighted by Gasteiger charge is -2.08. The van der Waals surface area contributed by atoms with Crippen molar-refractivity contribution in [1.29, 1.82) is 0 Å². The molecule has 1 aromatic carbocycles. The van der Waals surface area contributed by atoms with Crippen molar-refractivity contribution in [2.24, 2.45) is 0 Å². The molecule has 0 fully saturated rings. The second kappa shape index (κ2) is 6.52. The van der Waals surface area contributed by atoms with Gasteiger partial charge in [-0.3, -0.25) is 9.59 Å². The monoisotopic (exact) mass is 291 g/mol. The molecule has 1 aromatic heterocycles. The van der Waals surface area contributed by atoms with Gasteiger partial charge in [0.15, 0.2) is 0 Å². The van der Waals surface area contributed by atoms with Crippen LogP contribution >= 0.6 is 11.3 Å². The normalized spacial score (nSPS) is 12.2. The minimum Gasteiger partial charge on any atom is -0.480 e. The average Bonchev–Trinajstić information content (AvgIpc) is 2.82. The van der Waals surface area contributed by atoms with Crippen molar-refractivity contribution in [1.82, 2.24) is 5.32 Å². The maximum atomic E-state index is 11.6. The van der Waals surface area contributed by atoms with Crippen molar-refractivity contribution >= 4 is 33.3 Å². The molecule has 2 rings (SSSR count). The number of carbonyl (C=O) groups is 2. The molecule has 20 heavy (non-hydrogen) atoms. The molecule has 0 saturated heterocycles. The van der Waals surface area contributed by atoms with E-state index in [1.807, 2.05) is 12.1 Å². The molecule has 0 aliphatic carbocycles. The molecular formula is C15H17NO3S. The highest BCUT2D eigenvalue weighted by molar-refractivity contribution is 7.17. The number of hydrogen-bond acceptors (Lipinski definition) is 3. The van der Waals surface area contributed by atoms with Crippen LogP contribution in [0.3, 0.4) is 0 Å². The van der Waals surface area contributed by atoms with E-state index in [0.717, 1.165) is 12.8 Å². The van der Waals surface area contributed by atoms with Crippen molar-refractivity contribution in [3.63, 3.8) is 0 Å². The van der Waals surface area contributed by atoms with E-state index >= 15 is 0 Å². The van der Waals surface area contributed by atoms with Gasteiger partial charge in [0, 0.05) is 11.1 Å². The molecule has 0 radical (unpaired) electrons. The average molecular weight is 291 g/mol. The number of fused-ring (bicyclic) bond motifs is 1. The standard InChI is InChI=1S/C15H17NO3S/c1-10(15(18)19)16-14(17)8-4-5-11-9-20-13-7-3-2-6-12(11)13/h2-3,6-7,9-10H,4-5,8H2,1H3,(H,16,17)(H,18,19)/t10-/m1/s1. The molecule has 0 saturated carbocycles. The Morgan fingerprint density at radius 1 is 1.35 bits per heavy atom. The van der Waals surface area contributed by atoms with Gasteiger partial charge in [-0.2, -0.15) is 0 Å². The van der Waals surface area contributed by atoms with Crippen molar-refractivity contribution < 1.29 is 14.7 Å². The molecule has 1 atom stereocenters. The molecule has 0 aliphatic rings. The van der Waals surface area contributed by atoms with Gasteiger partial charge in [0.05, 0.1) is 0 Å². The second-order valence-corrected chi connectivity index (χ2v) is 5.65. The highest BCUT2D eigenvalue weighted by atomic mass is 32.1. The topological polar surface area (TPSA) is 66.4 Å². The molecular weight excluding hydrogens is 274 g/mol. The summed E-state index contributed by atoms with van der Waals surface area (Å²) < 4.78 is 1.26. The van der Waals surface area contributed by atoms with Gasteiger partial charge in [-0.15, -0.1) is 11.3 Å². The predicted octanol–water partition coefficient (Wildman–Crippen LogP) is 2.81. The lowest BCUT2D eigenvalue weighted by Crippen LogP contribution is -2.38. The number of thiophene rings is 1. The number of carbonyl (C=O) groups excluding carboxylic acids is 1. The summed E-state index contributed by atoms with van der Waals surface area (Å²) in [4.78, 5) is 22.2. The van der Waals surface area contributed by atoms with E-state index in [9.17, 15) is 9.59 Å². The zero-order valence-electron chi connectivity index (χ0n) is 11.3. The fourth-order valence-corrected chi connectivity index (χ4v) is 3.04. The summed E-state index contributed by atoms with van der Waals surface area (Å²) in [5.41, 5.74) is 1.25. The Balaban J connectivity index is 1.84. The maximum Gasteiger partial charge on any atom is 0.325 e. The fraction of sp³-hybridized carbons (Fsp3) is 0.333. The van der Waals surface area contributed by atoms with Gasteiger partial charge < -0.3 is 10.4 Å². The molecule has 0 unspecified atom stereocenters. The Labute approximate surface area is 121 Å². The van der Waals surface area contributed by atoms with Crippen LogP contribution in [0.2, 0.25) is 0 Å². The van der Waals surface area contributed by atoms with E-state index in [2.05, 4.69) is 22.8 Å². The van der Waals surface area contributed by atoms with Crippen LogP contribution in [-0.2, 0) is 16.0 Å². The number of benzene rings is 1. The first kappa shape index (κ1) is 14.5. The minimum absolute atomic E-state index is 0.209. The lowest BCUT2D eigenvalue weighted by molar-refractivity contribution is -0.141. The van der Waals surface area contributed by atoms with E-state index < -0.39 is 12.0 Å². The van der Waals surface area contributed by atoms with Crippen LogP contribution in [0.15, 0.2) is 29.6 Å². The first-order chi connectivity index (χ1) is 9.58. The van der Waals surface area contributed by atoms with Crippen LogP contribution in [0, 0.1) is 0 Å². The molecule has 5 heteroatoms. The minimum atomic E-state index is -1.01. The highest BCUT2D eigenvalue weighted by Crippen LogP contribution is 2.26. The van der Waals surface area contributed by atoms with E-state index in [4.69, 9.17) is 5.11 Å². The predicted molar refractivity (Wildman–Crippen MR) is 80.0 cm³/mol. The number of carboxylic acids is 1. The highest BCUT2D eigenvalue weighted by Gasteiger charge is 2.13. The number of nitrogens with one attached hydrogen (secondary N) is 1. The number of aryl methyl sites for hydroxylation is 1. The largest absolute Gasteiger partial charge is 0.480 e. The number of hydrogen-bond donors (Lipinski definition) is 2. The van der Waals surface area contributed by atoms with Crippen LogP contribution in [0.1, 0.15) is 25.3 Å². The number of carboxylic acid groups (broad SMARTS) is 1. The third-order valence-corrected chi connectivity index (χ3v) is 4.17. The Morgan fingerprint density at radius 2 is 2.10 bits per heavy atom. The Kier molecular flexibility index (Phi) is 4.74. The van der Waals surface area contributed by atoms with Gasteiger partial charge in [0.25, 0.3) is 0 Å². The third-order valence-electron chi connectivity index (χ3n) is 3.16. The quantitative estimate of drug-likeness (QED) is 0.860. The Hall–Kier alpha value is -1.88. The third kappa shape index (κ3) is 3.57. The van der Waals surface area contributed by atoms with Gasteiger partial charge in [-0.25, -0.2) is 0 Å². The van der Waals surface area contributed by atoms with Crippen molar-refractivity contribution in [2.75, 3.05) is 0 Å². The molecule has 0 spiro atoms. The zero-order valence-corrected chi connectivity index (χ0v) is 12.1. The first-order valence-electron chi connectivity index (χ1n) is 6.55. The molecule has 4 nitrogen and oxygen atoms in total. The van der Waals surface area contributed by atoms with Crippen LogP contribution < -0.4 is 5.32 Å². The number of amides is 1. The molecule has 0 bridgehead atoms. The summed E-state index contributed by atoms with van der Waals surface area (Å²) >= 11 is 1.71. The Morgan fingerprint density at radius 3 is 2.85 bits per heavy atom. The van der Waals surface area contributed by atoms with Crippen LogP contribution in [0.4, 0.5) is 0 Å². The summed E-state index contributed by atoms with van der Waals surface area (Å²) in [7, 11) is 0. The van der Waals surface area contributed by atoms with E-state index in [1.165, 1.54) is 22.6 Å². The van der Waals surface area contributed by atoms with Crippen molar-refractivity contribution in [2.45, 2.75) is 32.2 Å². The molecule has 2 aromatic rings. The van der Waals surface area contributed by atoms with Gasteiger partial charge in [-0.05, 0) is 42.2 Å². The molecule has 1 heterocycles. The second-order valence-electron chi connectivity index (χ2n) is 4.74. The summed E-state index contributed by atoms with van der Waals surface area (Å²) in [6, 6.07) is 7.38. The molecule has 2 N–H and O–H groups in total. The SMILES string of the molecule is C[C@@H](NC(=O)CCCc1csc2ccccc12)C(=O)O. The van der Waals surface area contributed by atoms with E-state index in [1.54, 1.807) is 11.3 Å². The summed E-state index contributed by atoms with van der Waals surface area (Å²) in [5, 5.41) is 14.5. The lowest BCUT2D eigenvalue weighted by atomic mass is 10.1. The van der Waals surface area contributed by atoms with Crippen LogP contribution in [-0.4, -0.2) is 23.0 Å². The zero-order chi connectivity index (χ0) is 14.5. The van der Waals surface area contributed by atoms with Gasteiger partial charge >= 0.3 is 5.97 Å². The maximum absolute atomic E-state index is 11.6. The first-order valence-corrected chi connectivity index (χ1v) is 7.43. The van der Waals surface area contributed by atoms with Crippen molar-refractivity contribution in [3.05, 3.63) is 35.2 Å². The molecule has 1 amide bonds. The summed E-state index contributed by atoms with van der Waals surface area (Å²) in [6.45, 7) is 1.46. The van der Waals surface area contributed by atoms with Crippen molar-refractivity contribution in [3.8, 4) is 0 Å². The van der Waals surface area contributed by atoms with Gasteiger partial charge in [0.2, 0.25) is 5.91 Å². The van der Waals surface area contributed by atoms with Crippen LogP contribution in [0.25, 0.3) is 10.1 Å². The van der Waals surface area contributed by atoms with E-state index in [-0.39, 0.29) is 5.91 Å². The molecule has 106 valence electrons. The fourth-order valence-electron chi connectivity index (χ4n) is 2.04. The van der Waals surface area contributed by atoms with Gasteiger partial charge in [-0.1, -0.05) is 18.2 Å². The van der Waals surface area contributed by atoms with Crippen LogP contribution in [0.5, 0.6) is 0 Å². The van der Waals surface area contributed by atoms with Gasteiger partial charge in [0.1, 0.15) is 6.04 Å². The van der Waals surface area contributed by atoms with E-state index in [0.29, 0.717) is 6.42 Å². The Bertz CT molecular complexity index is 620. The smallest absolute Gasteiger partial charge is 0.325 e. The summed E-state index contributed by atoms with van der Waals surface area (Å²) in [6.07, 6.45) is 1.90. The number of rotatable bonds is 6. The molecule has 0 aliphatic heterocycles.